The van der Waals surface area contributed by atoms with Crippen LogP contribution in [0.3, 0.4) is 0 Å². The zero-order valence-corrected chi connectivity index (χ0v) is 33.8. The van der Waals surface area contributed by atoms with E-state index in [-0.39, 0.29) is 5.38 Å². The van der Waals surface area contributed by atoms with Crippen molar-refractivity contribution in [1.82, 2.24) is 0 Å². The van der Waals surface area contributed by atoms with Crippen LogP contribution in [0.2, 0.25) is 0 Å². The molecule has 3 aliphatic carbocycles. The minimum Gasteiger partial charge on any atom is -0.301 e. The molecule has 4 aliphatic rings. The van der Waals surface area contributed by atoms with Crippen LogP contribution < -0.4 is 9.80 Å². The number of alkyl halides is 2. The molecule has 0 spiro atoms. The van der Waals surface area contributed by atoms with Crippen LogP contribution in [0.25, 0.3) is 0 Å². The van der Waals surface area contributed by atoms with Gasteiger partial charge in [0.1, 0.15) is 5.82 Å². The average molecular weight is 718 g/mol. The lowest BCUT2D eigenvalue weighted by Crippen LogP contribution is -2.41. The van der Waals surface area contributed by atoms with E-state index in [1.165, 1.54) is 126 Å². The van der Waals surface area contributed by atoms with E-state index in [1.807, 2.05) is 0 Å². The van der Waals surface area contributed by atoms with Crippen molar-refractivity contribution in [3.63, 3.8) is 0 Å². The second-order valence-electron chi connectivity index (χ2n) is 15.9. The van der Waals surface area contributed by atoms with Crippen LogP contribution >= 0.6 is 31.1 Å². The van der Waals surface area contributed by atoms with E-state index in [1.54, 1.807) is 0 Å². The fraction of sp³-hybridized carbons (Fsp3) is 0.545. The fourth-order valence-corrected chi connectivity index (χ4v) is 15.6. The number of benzene rings is 2. The van der Waals surface area contributed by atoms with Gasteiger partial charge in [0.15, 0.2) is 0 Å². The number of aryl methyl sites for hydroxylation is 6. The molecule has 49 heavy (non-hydrogen) atoms. The third-order valence-corrected chi connectivity index (χ3v) is 16.8. The van der Waals surface area contributed by atoms with Gasteiger partial charge in [-0.2, -0.15) is 0 Å². The lowest BCUT2D eigenvalue weighted by molar-refractivity contribution is 0.476. The van der Waals surface area contributed by atoms with E-state index in [9.17, 15) is 0 Å². The van der Waals surface area contributed by atoms with Gasteiger partial charge >= 0.3 is 0 Å². The Balaban J connectivity index is 1.64. The highest BCUT2D eigenvalue weighted by atomic mass is 35.5. The number of anilines is 2. The first-order chi connectivity index (χ1) is 23.4. The summed E-state index contributed by atoms with van der Waals surface area (Å²) in [6.07, 6.45) is 24.7. The Morgan fingerprint density at radius 2 is 1.12 bits per heavy atom. The lowest BCUT2D eigenvalue weighted by atomic mass is 9.86. The van der Waals surface area contributed by atoms with Gasteiger partial charge in [0, 0.05) is 18.0 Å². The second-order valence-corrected chi connectivity index (χ2v) is 20.3. The summed E-state index contributed by atoms with van der Waals surface area (Å²) in [5.74, 6) is 1.16. The van der Waals surface area contributed by atoms with Gasteiger partial charge in [0.25, 0.3) is 0 Å². The number of allylic oxidation sites excluding steroid dienone is 5. The number of nitrogens with zero attached hydrogens (tertiary/aromatic N) is 2. The standard InChI is InChI=1S/C44H59Cl2N2P/c1-29(2)19-20-38-40(39(45)21-22-44(38,46)49(36-15-11-9-12-16-36)37-17-13-10-14-18-37)43-47(41-32(5)25-30(3)26-33(41)6)23-24-48(43)42-34(7)27-31(4)28-35(42)8/h19-20,23-28,36-37,39H,9-18,21-22H2,1-8H3. The van der Waals surface area contributed by atoms with Crippen LogP contribution in [0.15, 0.2) is 71.4 Å². The molecular weight excluding hydrogens is 658 g/mol. The molecule has 2 aromatic rings. The molecule has 264 valence electrons. The molecule has 0 aromatic heterocycles. The van der Waals surface area contributed by atoms with Gasteiger partial charge in [-0.1, -0.05) is 99.6 Å². The van der Waals surface area contributed by atoms with E-state index < -0.39 is 12.5 Å². The summed E-state index contributed by atoms with van der Waals surface area (Å²) in [6, 6.07) is 9.28. The summed E-state index contributed by atoms with van der Waals surface area (Å²) in [5.41, 5.74) is 15.5. The molecule has 0 N–H and O–H groups in total. The Bertz CT molecular complexity index is 1530. The Labute approximate surface area is 309 Å². The summed E-state index contributed by atoms with van der Waals surface area (Å²) in [6.45, 7) is 17.8. The average Bonchev–Trinajstić information content (AvgIpc) is 3.44. The predicted molar refractivity (Wildman–Crippen MR) is 218 cm³/mol. The van der Waals surface area contributed by atoms with Crippen LogP contribution in [0, 0.1) is 41.5 Å². The van der Waals surface area contributed by atoms with Crippen molar-refractivity contribution in [1.29, 1.82) is 0 Å². The maximum absolute atomic E-state index is 8.53. The number of hydrogen-bond acceptors (Lipinski definition) is 2. The zero-order valence-electron chi connectivity index (χ0n) is 31.4. The fourth-order valence-electron chi connectivity index (χ4n) is 9.68. The monoisotopic (exact) mass is 716 g/mol. The number of rotatable bonds is 6. The lowest BCUT2D eigenvalue weighted by Gasteiger charge is -2.52. The summed E-state index contributed by atoms with van der Waals surface area (Å²) in [5, 5.41) is -0.143. The summed E-state index contributed by atoms with van der Waals surface area (Å²) >= 11 is 16.3. The SMILES string of the molecule is CC(C)=CC=C1C(=C2N(c3c(C)cc(C)cc3C)C=CN2c2c(C)cc(C)cc2C)C(Cl)CCC1(Cl)P(C1CCCCC1)C1CCCCC1. The van der Waals surface area contributed by atoms with E-state index >= 15 is 0 Å². The third kappa shape index (κ3) is 7.36. The first kappa shape index (κ1) is 36.8. The molecule has 2 aromatic carbocycles. The second kappa shape index (κ2) is 15.3. The van der Waals surface area contributed by atoms with Crippen molar-refractivity contribution >= 4 is 42.5 Å². The van der Waals surface area contributed by atoms with Gasteiger partial charge in [-0.05, 0) is 133 Å². The number of halogens is 2. The highest BCUT2D eigenvalue weighted by Crippen LogP contribution is 2.71. The first-order valence-electron chi connectivity index (χ1n) is 19.0. The van der Waals surface area contributed by atoms with Crippen molar-refractivity contribution in [3.8, 4) is 0 Å². The normalized spacial score (nSPS) is 24.9. The van der Waals surface area contributed by atoms with Crippen molar-refractivity contribution in [2.24, 2.45) is 0 Å². The van der Waals surface area contributed by atoms with Gasteiger partial charge in [0.05, 0.1) is 21.4 Å². The first-order valence-corrected chi connectivity index (χ1v) is 21.3. The molecule has 3 fully saturated rings. The minimum absolute atomic E-state index is 0.143. The molecule has 5 heteroatoms. The zero-order chi connectivity index (χ0) is 35.0. The molecule has 2 unspecified atom stereocenters. The Morgan fingerprint density at radius 1 is 0.694 bits per heavy atom. The molecule has 0 radical (unpaired) electrons. The third-order valence-electron chi connectivity index (χ3n) is 11.5. The topological polar surface area (TPSA) is 6.48 Å². The van der Waals surface area contributed by atoms with E-state index in [2.05, 4.69) is 114 Å². The van der Waals surface area contributed by atoms with Crippen molar-refractivity contribution in [3.05, 3.63) is 105 Å². The molecule has 3 saturated carbocycles. The predicted octanol–water partition coefficient (Wildman–Crippen LogP) is 13.9. The van der Waals surface area contributed by atoms with E-state index in [0.717, 1.165) is 30.0 Å². The Kier molecular flexibility index (Phi) is 11.5. The largest absolute Gasteiger partial charge is 0.301 e. The van der Waals surface area contributed by atoms with E-state index in [4.69, 9.17) is 23.2 Å². The van der Waals surface area contributed by atoms with Gasteiger partial charge in [-0.15, -0.1) is 23.2 Å². The molecule has 0 bridgehead atoms. The maximum atomic E-state index is 8.53. The molecule has 0 saturated heterocycles. The van der Waals surface area contributed by atoms with Gasteiger partial charge in [-0.3, -0.25) is 0 Å². The Morgan fingerprint density at radius 3 is 1.53 bits per heavy atom. The smallest absolute Gasteiger partial charge is 0.127 e. The number of hydrogen-bond donors (Lipinski definition) is 0. The van der Waals surface area contributed by atoms with Gasteiger partial charge in [-0.25, -0.2) is 0 Å². The summed E-state index contributed by atoms with van der Waals surface area (Å²) < 4.78 is -0.409. The van der Waals surface area contributed by atoms with E-state index in [0.29, 0.717) is 0 Å². The van der Waals surface area contributed by atoms with Crippen molar-refractivity contribution in [2.45, 2.75) is 154 Å². The maximum Gasteiger partial charge on any atom is 0.127 e. The Hall–Kier alpha value is -1.99. The van der Waals surface area contributed by atoms with Gasteiger partial charge in [0.2, 0.25) is 0 Å². The van der Waals surface area contributed by atoms with Gasteiger partial charge < -0.3 is 9.80 Å². The highest BCUT2D eigenvalue weighted by molar-refractivity contribution is 7.63. The van der Waals surface area contributed by atoms with Crippen LogP contribution in [-0.2, 0) is 0 Å². The molecule has 2 nitrogen and oxygen atoms in total. The van der Waals surface area contributed by atoms with Crippen molar-refractivity contribution < 1.29 is 0 Å². The minimum atomic E-state index is -0.480. The van der Waals surface area contributed by atoms with Crippen LogP contribution in [0.4, 0.5) is 11.4 Å². The molecule has 0 amide bonds. The van der Waals surface area contributed by atoms with Crippen LogP contribution in [0.1, 0.15) is 124 Å². The molecule has 6 rings (SSSR count). The van der Waals surface area contributed by atoms with Crippen molar-refractivity contribution in [2.75, 3.05) is 9.80 Å². The molecular formula is C44H59Cl2N2P. The molecule has 2 atom stereocenters. The quantitative estimate of drug-likeness (QED) is 0.217. The summed E-state index contributed by atoms with van der Waals surface area (Å²) in [4.78, 5) is 4.91. The van der Waals surface area contributed by atoms with Crippen LogP contribution in [-0.4, -0.2) is 21.3 Å². The summed E-state index contributed by atoms with van der Waals surface area (Å²) in [7, 11) is -0.480. The molecule has 1 aliphatic heterocycles. The van der Waals surface area contributed by atoms with Crippen LogP contribution in [0.5, 0.6) is 0 Å². The molecule has 1 heterocycles. The highest BCUT2D eigenvalue weighted by Gasteiger charge is 2.52.